The summed E-state index contributed by atoms with van der Waals surface area (Å²) < 4.78 is 11.7. The monoisotopic (exact) mass is 271 g/mol. The van der Waals surface area contributed by atoms with E-state index < -0.39 is 0 Å². The fraction of sp³-hybridized carbons (Fsp3) is 0.944. The lowest BCUT2D eigenvalue weighted by atomic mass is 10.0. The van der Waals surface area contributed by atoms with Crippen molar-refractivity contribution >= 4 is 0 Å². The lowest BCUT2D eigenvalue weighted by Crippen LogP contribution is -1.83. The van der Waals surface area contributed by atoms with Crippen molar-refractivity contribution in [2.75, 3.05) is 0 Å². The molecule has 0 aromatic rings. The molecular formula is C18H36F. The highest BCUT2D eigenvalue weighted by atomic mass is 19.1. The van der Waals surface area contributed by atoms with Crippen molar-refractivity contribution in [2.24, 2.45) is 0 Å². The molecule has 0 unspecified atom stereocenters. The van der Waals surface area contributed by atoms with E-state index in [1.165, 1.54) is 89.9 Å². The molecule has 1 heteroatoms. The quantitative estimate of drug-likeness (QED) is 0.257. The second kappa shape index (κ2) is 17.9. The van der Waals surface area contributed by atoms with Crippen LogP contribution in [0.2, 0.25) is 0 Å². The Balaban J connectivity index is 2.88. The molecule has 0 aliphatic rings. The van der Waals surface area contributed by atoms with Gasteiger partial charge in [0.2, 0.25) is 0 Å². The van der Waals surface area contributed by atoms with Gasteiger partial charge in [0, 0.05) is 0 Å². The molecule has 0 N–H and O–H groups in total. The average molecular weight is 271 g/mol. The number of unbranched alkanes of at least 4 members (excludes halogenated alkanes) is 15. The molecule has 0 nitrogen and oxygen atoms in total. The Morgan fingerprint density at radius 2 is 0.842 bits per heavy atom. The number of hydrogen-bond donors (Lipinski definition) is 0. The zero-order valence-electron chi connectivity index (χ0n) is 13.3. The molecule has 0 aromatic heterocycles. The van der Waals surface area contributed by atoms with Crippen molar-refractivity contribution < 1.29 is 4.39 Å². The highest BCUT2D eigenvalue weighted by Crippen LogP contribution is 2.13. The molecule has 0 aliphatic heterocycles. The van der Waals surface area contributed by atoms with Crippen LogP contribution >= 0.6 is 0 Å². The van der Waals surface area contributed by atoms with E-state index in [2.05, 4.69) is 6.92 Å². The average Bonchev–Trinajstić information content (AvgIpc) is 2.43. The van der Waals surface area contributed by atoms with Crippen LogP contribution in [0.15, 0.2) is 0 Å². The third-order valence-corrected chi connectivity index (χ3v) is 3.92. The Morgan fingerprint density at radius 3 is 1.16 bits per heavy atom. The van der Waals surface area contributed by atoms with Gasteiger partial charge < -0.3 is 0 Å². The molecule has 19 heavy (non-hydrogen) atoms. The van der Waals surface area contributed by atoms with Gasteiger partial charge in [0.05, 0.1) is 0 Å². The van der Waals surface area contributed by atoms with Gasteiger partial charge in [-0.25, -0.2) is 4.39 Å². The van der Waals surface area contributed by atoms with Gasteiger partial charge in [-0.15, -0.1) is 0 Å². The highest BCUT2D eigenvalue weighted by molar-refractivity contribution is 4.51. The minimum Gasteiger partial charge on any atom is -0.244 e. The Kier molecular flexibility index (Phi) is 17.9. The van der Waals surface area contributed by atoms with Gasteiger partial charge in [0.25, 0.3) is 0 Å². The van der Waals surface area contributed by atoms with Crippen LogP contribution in [0.5, 0.6) is 0 Å². The Morgan fingerprint density at radius 1 is 0.526 bits per heavy atom. The molecule has 0 saturated heterocycles. The highest BCUT2D eigenvalue weighted by Gasteiger charge is 1.94. The second-order valence-corrected chi connectivity index (χ2v) is 5.89. The topological polar surface area (TPSA) is 0 Å². The predicted octanol–water partition coefficient (Wildman–Crippen LogP) is 7.38. The molecule has 0 saturated carbocycles. The fourth-order valence-electron chi connectivity index (χ4n) is 2.59. The number of halogens is 1. The van der Waals surface area contributed by atoms with Crippen LogP contribution in [0.25, 0.3) is 0 Å². The third-order valence-electron chi connectivity index (χ3n) is 3.92. The number of rotatable bonds is 16. The summed E-state index contributed by atoms with van der Waals surface area (Å²) in [7, 11) is 0. The Hall–Kier alpha value is -0.0700. The van der Waals surface area contributed by atoms with E-state index in [-0.39, 0.29) is 0 Å². The SMILES string of the molecule is CCCCCCCCCCCCCCCCC[CH]F. The Labute approximate surface area is 121 Å². The normalized spacial score (nSPS) is 11.1. The van der Waals surface area contributed by atoms with E-state index in [0.29, 0.717) is 6.42 Å². The van der Waals surface area contributed by atoms with Crippen molar-refractivity contribution in [3.05, 3.63) is 6.67 Å². The first-order valence-electron chi connectivity index (χ1n) is 8.83. The zero-order chi connectivity index (χ0) is 14.0. The van der Waals surface area contributed by atoms with E-state index in [4.69, 9.17) is 0 Å². The van der Waals surface area contributed by atoms with Gasteiger partial charge >= 0.3 is 0 Å². The van der Waals surface area contributed by atoms with Gasteiger partial charge in [-0.05, 0) is 6.42 Å². The van der Waals surface area contributed by atoms with Gasteiger partial charge in [-0.2, -0.15) is 0 Å². The van der Waals surface area contributed by atoms with Gasteiger partial charge in [-0.1, -0.05) is 103 Å². The first-order chi connectivity index (χ1) is 9.41. The van der Waals surface area contributed by atoms with Crippen molar-refractivity contribution in [1.29, 1.82) is 0 Å². The molecule has 0 rings (SSSR count). The number of hydrogen-bond acceptors (Lipinski definition) is 0. The molecule has 0 aromatic carbocycles. The summed E-state index contributed by atoms with van der Waals surface area (Å²) in [5.41, 5.74) is 0. The van der Waals surface area contributed by atoms with Crippen LogP contribution in [0.3, 0.4) is 0 Å². The van der Waals surface area contributed by atoms with Gasteiger partial charge in [0.15, 0.2) is 0 Å². The van der Waals surface area contributed by atoms with E-state index in [0.717, 1.165) is 13.1 Å². The lowest BCUT2D eigenvalue weighted by molar-refractivity contribution is 0.516. The minimum atomic E-state index is 0.651. The minimum absolute atomic E-state index is 0.651. The molecule has 0 aliphatic carbocycles. The first-order valence-corrected chi connectivity index (χ1v) is 8.83. The lowest BCUT2D eigenvalue weighted by Gasteiger charge is -2.03. The van der Waals surface area contributed by atoms with E-state index >= 15 is 0 Å². The van der Waals surface area contributed by atoms with Crippen LogP contribution in [0, 0.1) is 6.67 Å². The smallest absolute Gasteiger partial charge is 0.131 e. The molecule has 115 valence electrons. The molecule has 0 heterocycles. The predicted molar refractivity (Wildman–Crippen MR) is 85.0 cm³/mol. The summed E-state index contributed by atoms with van der Waals surface area (Å²) in [5.74, 6) is 0. The van der Waals surface area contributed by atoms with Crippen LogP contribution in [-0.4, -0.2) is 0 Å². The van der Waals surface area contributed by atoms with Gasteiger partial charge in [0.1, 0.15) is 6.67 Å². The molecule has 0 spiro atoms. The molecule has 0 amide bonds. The summed E-state index contributed by atoms with van der Waals surface area (Å²) in [6.07, 6.45) is 21.2. The van der Waals surface area contributed by atoms with Crippen molar-refractivity contribution in [3.8, 4) is 0 Å². The van der Waals surface area contributed by atoms with E-state index in [1.807, 2.05) is 0 Å². The first kappa shape index (κ1) is 18.9. The van der Waals surface area contributed by atoms with Crippen LogP contribution < -0.4 is 0 Å². The van der Waals surface area contributed by atoms with Crippen molar-refractivity contribution in [3.63, 3.8) is 0 Å². The third kappa shape index (κ3) is 17.9. The molecule has 0 fully saturated rings. The summed E-state index contributed by atoms with van der Waals surface area (Å²) >= 11 is 0. The van der Waals surface area contributed by atoms with Crippen LogP contribution in [0.4, 0.5) is 4.39 Å². The van der Waals surface area contributed by atoms with Crippen LogP contribution in [-0.2, 0) is 0 Å². The molecule has 1 radical (unpaired) electrons. The maximum atomic E-state index is 11.7. The maximum Gasteiger partial charge on any atom is 0.131 e. The Bertz CT molecular complexity index is 129. The second-order valence-electron chi connectivity index (χ2n) is 5.89. The van der Waals surface area contributed by atoms with Crippen LogP contribution in [0.1, 0.15) is 110 Å². The van der Waals surface area contributed by atoms with Crippen molar-refractivity contribution in [1.82, 2.24) is 0 Å². The summed E-state index contributed by atoms with van der Waals surface area (Å²) in [6.45, 7) is 3.07. The fourth-order valence-corrected chi connectivity index (χ4v) is 2.59. The summed E-state index contributed by atoms with van der Waals surface area (Å²) in [6, 6.07) is 0. The standard InChI is InChI=1S/C18H36F/c1-2-3-4-5-6-7-8-9-10-11-12-13-14-15-16-17-18-19/h18H,2-17H2,1H3. The zero-order valence-corrected chi connectivity index (χ0v) is 13.3. The molecule has 0 atom stereocenters. The van der Waals surface area contributed by atoms with E-state index in [1.54, 1.807) is 0 Å². The summed E-state index contributed by atoms with van der Waals surface area (Å²) in [4.78, 5) is 0. The maximum absolute atomic E-state index is 11.7. The largest absolute Gasteiger partial charge is 0.244 e. The van der Waals surface area contributed by atoms with Gasteiger partial charge in [-0.3, -0.25) is 0 Å². The summed E-state index contributed by atoms with van der Waals surface area (Å²) in [5, 5.41) is 0. The molecule has 0 bridgehead atoms. The molecular weight excluding hydrogens is 235 g/mol. The van der Waals surface area contributed by atoms with E-state index in [9.17, 15) is 4.39 Å². The van der Waals surface area contributed by atoms with Crippen molar-refractivity contribution in [2.45, 2.75) is 110 Å².